The first kappa shape index (κ1) is 18.1. The summed E-state index contributed by atoms with van der Waals surface area (Å²) in [6, 6.07) is 4.82. The molecule has 1 aliphatic heterocycles. The van der Waals surface area contributed by atoms with Gasteiger partial charge < -0.3 is 19.1 Å². The van der Waals surface area contributed by atoms with Crippen molar-refractivity contribution in [3.8, 4) is 0 Å². The summed E-state index contributed by atoms with van der Waals surface area (Å²) in [6.45, 7) is 3.18. The van der Waals surface area contributed by atoms with Crippen LogP contribution in [0.25, 0.3) is 10.9 Å². The fourth-order valence-corrected chi connectivity index (χ4v) is 3.20. The van der Waals surface area contributed by atoms with Gasteiger partial charge in [-0.05, 0) is 31.5 Å². The van der Waals surface area contributed by atoms with E-state index < -0.39 is 5.97 Å². The van der Waals surface area contributed by atoms with Gasteiger partial charge in [0.15, 0.2) is 5.78 Å². The van der Waals surface area contributed by atoms with Crippen LogP contribution in [-0.4, -0.2) is 47.2 Å². The van der Waals surface area contributed by atoms with Crippen molar-refractivity contribution in [2.45, 2.75) is 38.8 Å². The Balaban J connectivity index is 1.96. The number of hydrogen-bond acceptors (Lipinski definition) is 5. The molecule has 26 heavy (non-hydrogen) atoms. The maximum Gasteiger partial charge on any atom is 0.335 e. The molecule has 2 aromatic rings. The molecule has 0 spiro atoms. The van der Waals surface area contributed by atoms with Gasteiger partial charge in [0.05, 0.1) is 31.9 Å². The molecule has 138 valence electrons. The average molecular weight is 359 g/mol. The van der Waals surface area contributed by atoms with E-state index in [1.54, 1.807) is 18.2 Å². The van der Waals surface area contributed by atoms with Gasteiger partial charge in [-0.2, -0.15) is 0 Å². The molecule has 0 bridgehead atoms. The Morgan fingerprint density at radius 2 is 2.04 bits per heavy atom. The molecule has 1 aromatic heterocycles. The summed E-state index contributed by atoms with van der Waals surface area (Å²) in [6.07, 6.45) is 0.899. The molecule has 7 heteroatoms. The first-order chi connectivity index (χ1) is 12.4. The number of aromatic carboxylic acids is 1. The van der Waals surface area contributed by atoms with Gasteiger partial charge in [-0.15, -0.1) is 0 Å². The Bertz CT molecular complexity index is 878. The highest BCUT2D eigenvalue weighted by atomic mass is 16.6. The largest absolute Gasteiger partial charge is 0.478 e. The normalized spacial score (nSPS) is 15.8. The Morgan fingerprint density at radius 1 is 1.31 bits per heavy atom. The number of ketones is 1. The van der Waals surface area contributed by atoms with Gasteiger partial charge >= 0.3 is 11.9 Å². The van der Waals surface area contributed by atoms with Crippen LogP contribution in [0.1, 0.15) is 45.7 Å². The van der Waals surface area contributed by atoms with Crippen LogP contribution in [-0.2, 0) is 20.8 Å². The number of carbonyl (C=O) groups is 3. The molecule has 2 heterocycles. The average Bonchev–Trinajstić information content (AvgIpc) is 3.39. The number of benzene rings is 1. The van der Waals surface area contributed by atoms with Crippen LogP contribution >= 0.6 is 0 Å². The number of carboxylic acid groups (broad SMARTS) is 1. The zero-order valence-corrected chi connectivity index (χ0v) is 14.8. The lowest BCUT2D eigenvalue weighted by molar-refractivity contribution is -0.140. The number of aromatic nitrogens is 1. The smallest absolute Gasteiger partial charge is 0.335 e. The minimum absolute atomic E-state index is 0.102. The number of carbonyl (C=O) groups excluding carboxylic acids is 2. The fourth-order valence-electron chi connectivity index (χ4n) is 3.20. The molecule has 0 aliphatic carbocycles. The number of epoxide rings is 1. The first-order valence-corrected chi connectivity index (χ1v) is 8.50. The zero-order valence-electron chi connectivity index (χ0n) is 14.8. The maximum absolute atomic E-state index is 12.8. The Hall–Kier alpha value is -2.67. The predicted octanol–water partition coefficient (Wildman–Crippen LogP) is 2.57. The molecule has 1 N–H and O–H groups in total. The lowest BCUT2D eigenvalue weighted by Gasteiger charge is -2.06. The van der Waals surface area contributed by atoms with Gasteiger partial charge in [0, 0.05) is 35.0 Å². The second kappa shape index (κ2) is 7.29. The second-order valence-corrected chi connectivity index (χ2v) is 6.42. The van der Waals surface area contributed by atoms with Crippen molar-refractivity contribution < 1.29 is 29.0 Å². The summed E-state index contributed by atoms with van der Waals surface area (Å²) in [5, 5.41) is 9.90. The van der Waals surface area contributed by atoms with Crippen LogP contribution in [0.15, 0.2) is 18.2 Å². The van der Waals surface area contributed by atoms with Crippen LogP contribution in [0.3, 0.4) is 0 Å². The number of fused-ring (bicyclic) bond motifs is 1. The van der Waals surface area contributed by atoms with Crippen molar-refractivity contribution in [1.29, 1.82) is 0 Å². The van der Waals surface area contributed by atoms with Crippen LogP contribution in [0.4, 0.5) is 0 Å². The van der Waals surface area contributed by atoms with Crippen molar-refractivity contribution in [1.82, 2.24) is 4.57 Å². The summed E-state index contributed by atoms with van der Waals surface area (Å²) in [5.74, 6) is -1.49. The quantitative estimate of drug-likeness (QED) is 0.442. The summed E-state index contributed by atoms with van der Waals surface area (Å²) < 4.78 is 11.9. The number of carboxylic acids is 1. The van der Waals surface area contributed by atoms with E-state index in [-0.39, 0.29) is 36.3 Å². The van der Waals surface area contributed by atoms with Gasteiger partial charge in [0.25, 0.3) is 0 Å². The molecule has 1 atom stereocenters. The van der Waals surface area contributed by atoms with E-state index in [1.807, 2.05) is 11.5 Å². The molecular formula is C19H21NO6. The third-order valence-corrected chi connectivity index (χ3v) is 4.65. The number of ether oxygens (including phenoxy) is 2. The fraction of sp³-hybridized carbons (Fsp3) is 0.421. The second-order valence-electron chi connectivity index (χ2n) is 6.42. The van der Waals surface area contributed by atoms with Crippen molar-refractivity contribution in [3.63, 3.8) is 0 Å². The van der Waals surface area contributed by atoms with Gasteiger partial charge in [0.2, 0.25) is 0 Å². The number of methoxy groups -OCH3 is 1. The Labute approximate surface area is 150 Å². The third-order valence-electron chi connectivity index (χ3n) is 4.65. The number of esters is 1. The van der Waals surface area contributed by atoms with Crippen LogP contribution < -0.4 is 0 Å². The Kier molecular flexibility index (Phi) is 5.08. The zero-order chi connectivity index (χ0) is 18.8. The minimum atomic E-state index is -1.04. The van der Waals surface area contributed by atoms with E-state index in [4.69, 9.17) is 4.74 Å². The van der Waals surface area contributed by atoms with E-state index in [9.17, 15) is 19.5 Å². The number of nitrogens with zero attached hydrogens (tertiary/aromatic N) is 1. The van der Waals surface area contributed by atoms with E-state index in [0.717, 1.165) is 11.2 Å². The van der Waals surface area contributed by atoms with Crippen LogP contribution in [0.5, 0.6) is 0 Å². The highest BCUT2D eigenvalue weighted by Gasteiger charge is 2.27. The summed E-state index contributed by atoms with van der Waals surface area (Å²) >= 11 is 0. The van der Waals surface area contributed by atoms with Gasteiger partial charge in [-0.25, -0.2) is 4.79 Å². The van der Waals surface area contributed by atoms with Gasteiger partial charge in [-0.1, -0.05) is 0 Å². The van der Waals surface area contributed by atoms with E-state index in [0.29, 0.717) is 30.5 Å². The van der Waals surface area contributed by atoms with Crippen LogP contribution in [0.2, 0.25) is 0 Å². The predicted molar refractivity (Wildman–Crippen MR) is 93.6 cm³/mol. The van der Waals surface area contributed by atoms with Gasteiger partial charge in [-0.3, -0.25) is 9.59 Å². The number of hydrogen-bond donors (Lipinski definition) is 1. The van der Waals surface area contributed by atoms with Crippen molar-refractivity contribution >= 4 is 28.6 Å². The number of rotatable bonds is 8. The lowest BCUT2D eigenvalue weighted by atomic mass is 10.0. The van der Waals surface area contributed by atoms with Crippen molar-refractivity contribution in [2.75, 3.05) is 13.7 Å². The minimum Gasteiger partial charge on any atom is -0.478 e. The van der Waals surface area contributed by atoms with E-state index in [2.05, 4.69) is 4.74 Å². The monoisotopic (exact) mass is 359 g/mol. The molecule has 1 aromatic carbocycles. The molecule has 0 radical (unpaired) electrons. The highest BCUT2D eigenvalue weighted by molar-refractivity contribution is 6.10. The molecule has 1 fully saturated rings. The van der Waals surface area contributed by atoms with Crippen molar-refractivity contribution in [3.05, 3.63) is 35.0 Å². The van der Waals surface area contributed by atoms with Crippen LogP contribution in [0, 0.1) is 6.92 Å². The molecule has 1 aliphatic rings. The lowest BCUT2D eigenvalue weighted by Crippen LogP contribution is -2.08. The highest BCUT2D eigenvalue weighted by Crippen LogP contribution is 2.30. The molecule has 1 unspecified atom stereocenters. The summed E-state index contributed by atoms with van der Waals surface area (Å²) in [7, 11) is 1.31. The standard InChI is InChI=1S/C19H21NO6/c1-11-18(16(21)4-3-5-17(22)25-2)14-8-12(19(23)24)6-7-15(14)20(11)9-13-10-26-13/h6-8,13H,3-5,9-10H2,1-2H3,(H,23,24). The molecule has 0 saturated carbocycles. The van der Waals surface area contributed by atoms with E-state index in [1.165, 1.54) is 7.11 Å². The van der Waals surface area contributed by atoms with Gasteiger partial charge in [0.1, 0.15) is 0 Å². The van der Waals surface area contributed by atoms with Crippen molar-refractivity contribution in [2.24, 2.45) is 0 Å². The Morgan fingerprint density at radius 3 is 2.65 bits per heavy atom. The van der Waals surface area contributed by atoms with E-state index >= 15 is 0 Å². The first-order valence-electron chi connectivity index (χ1n) is 8.50. The molecular weight excluding hydrogens is 338 g/mol. The SMILES string of the molecule is COC(=O)CCCC(=O)c1c(C)n(CC2CO2)c2ccc(C(=O)O)cc12. The molecule has 3 rings (SSSR count). The summed E-state index contributed by atoms with van der Waals surface area (Å²) in [5.41, 5.74) is 2.27. The number of Topliss-reactive ketones (excluding diaryl/α,β-unsaturated/α-hetero) is 1. The summed E-state index contributed by atoms with van der Waals surface area (Å²) in [4.78, 5) is 35.4. The molecule has 1 saturated heterocycles. The topological polar surface area (TPSA) is 98.1 Å². The molecule has 7 nitrogen and oxygen atoms in total. The maximum atomic E-state index is 12.8. The molecule has 0 amide bonds. The third kappa shape index (κ3) is 3.62.